The normalized spacial score (nSPS) is 21.5. The second kappa shape index (κ2) is 4.69. The molecule has 0 spiro atoms. The number of aromatic nitrogens is 2. The van der Waals surface area contributed by atoms with Gasteiger partial charge >= 0.3 is 0 Å². The van der Waals surface area contributed by atoms with Gasteiger partial charge in [0.1, 0.15) is 11.2 Å². The Kier molecular flexibility index (Phi) is 3.43. The zero-order valence-electron chi connectivity index (χ0n) is 9.41. The smallest absolute Gasteiger partial charge is 0.221 e. The number of nitrogens with two attached hydrogens (primary N) is 1. The minimum absolute atomic E-state index is 0.160. The molecule has 1 saturated heterocycles. The third-order valence-electron chi connectivity index (χ3n) is 2.53. The summed E-state index contributed by atoms with van der Waals surface area (Å²) < 4.78 is 23.5. The summed E-state index contributed by atoms with van der Waals surface area (Å²) in [5, 5.41) is -0.532. The van der Waals surface area contributed by atoms with Gasteiger partial charge in [0.25, 0.3) is 0 Å². The van der Waals surface area contributed by atoms with Crippen molar-refractivity contribution in [3.63, 3.8) is 0 Å². The van der Waals surface area contributed by atoms with Crippen LogP contribution in [0.25, 0.3) is 0 Å². The van der Waals surface area contributed by atoms with Crippen molar-refractivity contribution in [1.82, 2.24) is 9.97 Å². The molecule has 1 atom stereocenters. The van der Waals surface area contributed by atoms with E-state index in [2.05, 4.69) is 9.97 Å². The van der Waals surface area contributed by atoms with E-state index in [9.17, 15) is 8.42 Å². The highest BCUT2D eigenvalue weighted by molar-refractivity contribution is 8.01. The van der Waals surface area contributed by atoms with Gasteiger partial charge in [0.15, 0.2) is 9.84 Å². The van der Waals surface area contributed by atoms with Crippen LogP contribution < -0.4 is 10.6 Å². The van der Waals surface area contributed by atoms with Gasteiger partial charge in [-0.2, -0.15) is 16.7 Å². The fourth-order valence-corrected chi connectivity index (χ4v) is 4.55. The molecule has 0 aromatic carbocycles. The Bertz CT molecular complexity index is 505. The molecule has 1 fully saturated rings. The van der Waals surface area contributed by atoms with Gasteiger partial charge in [-0.15, -0.1) is 0 Å². The standard InChI is InChI=1S/C9H14N4O2S2/c1-17(14,15)8-6-16-5-4-13(8)7-2-3-11-9(10)12-7/h2-3,8H,4-6H2,1H3,(H2,10,11,12). The lowest BCUT2D eigenvalue weighted by molar-refractivity contribution is 0.583. The van der Waals surface area contributed by atoms with Gasteiger partial charge in [0.2, 0.25) is 5.95 Å². The molecule has 8 heteroatoms. The minimum Gasteiger partial charge on any atom is -0.368 e. The van der Waals surface area contributed by atoms with Crippen LogP contribution in [0.3, 0.4) is 0 Å². The summed E-state index contributed by atoms with van der Waals surface area (Å²) in [6.45, 7) is 0.652. The molecule has 6 nitrogen and oxygen atoms in total. The molecule has 0 saturated carbocycles. The highest BCUT2D eigenvalue weighted by Gasteiger charge is 2.31. The first kappa shape index (κ1) is 12.4. The van der Waals surface area contributed by atoms with E-state index in [0.717, 1.165) is 5.75 Å². The molecular formula is C9H14N4O2S2. The van der Waals surface area contributed by atoms with Crippen molar-refractivity contribution in [3.8, 4) is 0 Å². The summed E-state index contributed by atoms with van der Waals surface area (Å²) in [6, 6.07) is 1.69. The van der Waals surface area contributed by atoms with Gasteiger partial charge < -0.3 is 10.6 Å². The zero-order valence-corrected chi connectivity index (χ0v) is 11.0. The molecule has 1 aliphatic rings. The second-order valence-corrected chi connectivity index (χ2v) is 7.18. The zero-order chi connectivity index (χ0) is 12.5. The van der Waals surface area contributed by atoms with E-state index >= 15 is 0 Å². The summed E-state index contributed by atoms with van der Waals surface area (Å²) in [6.07, 6.45) is 2.79. The SMILES string of the molecule is CS(=O)(=O)C1CSCCN1c1ccnc(N)n1. The molecule has 2 N–H and O–H groups in total. The predicted octanol–water partition coefficient (Wildman–Crippen LogP) is -0.0173. The first-order chi connectivity index (χ1) is 7.98. The number of sulfone groups is 1. The van der Waals surface area contributed by atoms with E-state index in [-0.39, 0.29) is 5.95 Å². The highest BCUT2D eigenvalue weighted by atomic mass is 32.2. The number of rotatable bonds is 2. The van der Waals surface area contributed by atoms with E-state index in [4.69, 9.17) is 5.73 Å². The lowest BCUT2D eigenvalue weighted by Crippen LogP contribution is -2.47. The molecule has 17 heavy (non-hydrogen) atoms. The van der Waals surface area contributed by atoms with Crippen LogP contribution in [0.2, 0.25) is 0 Å². The van der Waals surface area contributed by atoms with Crippen LogP contribution in [0.5, 0.6) is 0 Å². The summed E-state index contributed by atoms with van der Waals surface area (Å²) in [5.41, 5.74) is 5.52. The molecule has 1 unspecified atom stereocenters. The van der Waals surface area contributed by atoms with Crippen LogP contribution in [0, 0.1) is 0 Å². The van der Waals surface area contributed by atoms with Crippen LogP contribution >= 0.6 is 11.8 Å². The number of nitrogen functional groups attached to an aromatic ring is 1. The van der Waals surface area contributed by atoms with E-state index in [0.29, 0.717) is 18.1 Å². The molecule has 2 rings (SSSR count). The van der Waals surface area contributed by atoms with Gasteiger partial charge in [0, 0.05) is 30.5 Å². The number of thioether (sulfide) groups is 1. The Morgan fingerprint density at radius 1 is 1.59 bits per heavy atom. The van der Waals surface area contributed by atoms with Gasteiger partial charge in [-0.25, -0.2) is 13.4 Å². The van der Waals surface area contributed by atoms with Crippen molar-refractivity contribution in [2.45, 2.75) is 5.37 Å². The van der Waals surface area contributed by atoms with Crippen molar-refractivity contribution in [1.29, 1.82) is 0 Å². The maximum atomic E-state index is 11.7. The van der Waals surface area contributed by atoms with Crippen molar-refractivity contribution < 1.29 is 8.42 Å². The van der Waals surface area contributed by atoms with Crippen LogP contribution in [0.15, 0.2) is 12.3 Å². The van der Waals surface area contributed by atoms with Crippen molar-refractivity contribution in [3.05, 3.63) is 12.3 Å². The van der Waals surface area contributed by atoms with Gasteiger partial charge in [-0.05, 0) is 6.07 Å². The lowest BCUT2D eigenvalue weighted by Gasteiger charge is -2.34. The Morgan fingerprint density at radius 3 is 3.00 bits per heavy atom. The van der Waals surface area contributed by atoms with Crippen LogP contribution in [0.4, 0.5) is 11.8 Å². The topological polar surface area (TPSA) is 89.2 Å². The predicted molar refractivity (Wildman–Crippen MR) is 69.7 cm³/mol. The average molecular weight is 274 g/mol. The Balaban J connectivity index is 2.34. The van der Waals surface area contributed by atoms with Crippen LogP contribution in [-0.2, 0) is 9.84 Å². The molecule has 0 aliphatic carbocycles. The molecule has 2 heterocycles. The minimum atomic E-state index is -3.13. The molecule has 1 aromatic heterocycles. The molecule has 1 aromatic rings. The first-order valence-electron chi connectivity index (χ1n) is 5.10. The molecule has 94 valence electrons. The maximum absolute atomic E-state index is 11.7. The van der Waals surface area contributed by atoms with E-state index < -0.39 is 15.2 Å². The second-order valence-electron chi connectivity index (χ2n) is 3.83. The summed E-state index contributed by atoms with van der Waals surface area (Å²) in [7, 11) is -3.13. The van der Waals surface area contributed by atoms with Gasteiger partial charge in [0.05, 0.1) is 0 Å². The molecular weight excluding hydrogens is 260 g/mol. The number of hydrogen-bond donors (Lipinski definition) is 1. The fraction of sp³-hybridized carbons (Fsp3) is 0.556. The third-order valence-corrected chi connectivity index (χ3v) is 5.18. The summed E-state index contributed by atoms with van der Waals surface area (Å²) in [4.78, 5) is 9.67. The number of hydrogen-bond acceptors (Lipinski definition) is 7. The van der Waals surface area contributed by atoms with Crippen molar-refractivity contribution >= 4 is 33.4 Å². The first-order valence-corrected chi connectivity index (χ1v) is 8.21. The van der Waals surface area contributed by atoms with Crippen molar-refractivity contribution in [2.24, 2.45) is 0 Å². The largest absolute Gasteiger partial charge is 0.368 e. The Morgan fingerprint density at radius 2 is 2.35 bits per heavy atom. The summed E-state index contributed by atoms with van der Waals surface area (Å²) >= 11 is 1.64. The highest BCUT2D eigenvalue weighted by Crippen LogP contribution is 2.25. The molecule has 0 bridgehead atoms. The summed E-state index contributed by atoms with van der Waals surface area (Å²) in [5.74, 6) is 2.18. The van der Waals surface area contributed by atoms with E-state index in [1.165, 1.54) is 6.26 Å². The quantitative estimate of drug-likeness (QED) is 0.810. The van der Waals surface area contributed by atoms with Crippen LogP contribution in [0.1, 0.15) is 0 Å². The maximum Gasteiger partial charge on any atom is 0.221 e. The molecule has 0 radical (unpaired) electrons. The van der Waals surface area contributed by atoms with E-state index in [1.54, 1.807) is 28.9 Å². The van der Waals surface area contributed by atoms with Crippen molar-refractivity contribution in [2.75, 3.05) is 34.9 Å². The monoisotopic (exact) mass is 274 g/mol. The molecule has 1 aliphatic heterocycles. The number of nitrogens with zero attached hydrogens (tertiary/aromatic N) is 3. The lowest BCUT2D eigenvalue weighted by atomic mass is 10.4. The third kappa shape index (κ3) is 2.81. The van der Waals surface area contributed by atoms with Gasteiger partial charge in [-0.1, -0.05) is 0 Å². The van der Waals surface area contributed by atoms with Gasteiger partial charge in [-0.3, -0.25) is 0 Å². The Labute approximate surface area is 105 Å². The fourth-order valence-electron chi connectivity index (χ4n) is 1.72. The number of anilines is 2. The Hall–Kier alpha value is -1.02. The van der Waals surface area contributed by atoms with Crippen LogP contribution in [-0.4, -0.2) is 48.1 Å². The molecule has 0 amide bonds. The average Bonchev–Trinajstić information content (AvgIpc) is 2.28. The van der Waals surface area contributed by atoms with E-state index in [1.807, 2.05) is 0 Å².